The van der Waals surface area contributed by atoms with Crippen molar-refractivity contribution in [2.45, 2.75) is 18.5 Å². The van der Waals surface area contributed by atoms with E-state index in [0.29, 0.717) is 12.0 Å². The quantitative estimate of drug-likeness (QED) is 0.326. The maximum Gasteiger partial charge on any atom is 0.339 e. The number of anilines is 1. The highest BCUT2D eigenvalue weighted by atomic mass is 16.5. The predicted octanol–water partition coefficient (Wildman–Crippen LogP) is 4.22. The Kier molecular flexibility index (Phi) is 5.48. The molecule has 3 heterocycles. The predicted molar refractivity (Wildman–Crippen MR) is 138 cm³/mol. The van der Waals surface area contributed by atoms with E-state index in [9.17, 15) is 19.2 Å². The van der Waals surface area contributed by atoms with E-state index in [1.807, 2.05) is 24.3 Å². The van der Waals surface area contributed by atoms with Crippen LogP contribution >= 0.6 is 0 Å². The molecule has 0 spiro atoms. The Morgan fingerprint density at radius 1 is 0.868 bits per heavy atom. The summed E-state index contributed by atoms with van der Waals surface area (Å²) in [6, 6.07) is 19.1. The Hall–Kier alpha value is -4.92. The molecule has 0 saturated carbocycles. The first kappa shape index (κ1) is 23.5. The average Bonchev–Trinajstić information content (AvgIpc) is 3.45. The standard InChI is InChI=1S/C29H23N3O6/c1-37-27(34)17-13-11-16(12-14-17)25-24-20(18-7-3-5-9-21(18)30-24)15-23-26(33)32(29(36)31(23)25)22-10-6-4-8-19(22)28(35)38-2/h3-14,23,25,30H,15H2,1-2H3/t23-,25?/m0/s1. The van der Waals surface area contributed by atoms with Crippen molar-refractivity contribution in [3.8, 4) is 0 Å². The van der Waals surface area contributed by atoms with Crippen LogP contribution in [0.25, 0.3) is 10.9 Å². The Bertz CT molecular complexity index is 1620. The van der Waals surface area contributed by atoms with Gasteiger partial charge in [0.2, 0.25) is 0 Å². The molecule has 3 aromatic carbocycles. The number of imide groups is 1. The van der Waals surface area contributed by atoms with Gasteiger partial charge in [-0.3, -0.25) is 9.69 Å². The molecule has 3 amide bonds. The summed E-state index contributed by atoms with van der Waals surface area (Å²) in [4.78, 5) is 58.5. The SMILES string of the molecule is COC(=O)c1ccc(C2c3[nH]c4ccccc4c3C[C@H]3C(=O)N(c4ccccc4C(=O)OC)C(=O)N23)cc1. The van der Waals surface area contributed by atoms with E-state index in [0.717, 1.165) is 32.6 Å². The monoisotopic (exact) mass is 509 g/mol. The maximum atomic E-state index is 14.0. The Morgan fingerprint density at radius 2 is 1.55 bits per heavy atom. The summed E-state index contributed by atoms with van der Waals surface area (Å²) in [6.07, 6.45) is 0.317. The maximum absolute atomic E-state index is 14.0. The number of methoxy groups -OCH3 is 2. The van der Waals surface area contributed by atoms with Gasteiger partial charge in [0.25, 0.3) is 5.91 Å². The first-order valence-corrected chi connectivity index (χ1v) is 12.1. The molecule has 0 bridgehead atoms. The zero-order valence-corrected chi connectivity index (χ0v) is 20.6. The second-order valence-corrected chi connectivity index (χ2v) is 9.17. The number of esters is 2. The van der Waals surface area contributed by atoms with E-state index >= 15 is 0 Å². The van der Waals surface area contributed by atoms with Crippen LogP contribution in [0.2, 0.25) is 0 Å². The fraction of sp³-hybridized carbons (Fsp3) is 0.172. The molecule has 1 saturated heterocycles. The third kappa shape index (κ3) is 3.39. The molecule has 1 fully saturated rings. The van der Waals surface area contributed by atoms with Crippen LogP contribution in [-0.2, 0) is 20.7 Å². The molecule has 1 unspecified atom stereocenters. The van der Waals surface area contributed by atoms with Crippen LogP contribution in [0.5, 0.6) is 0 Å². The van der Waals surface area contributed by atoms with E-state index in [1.54, 1.807) is 47.4 Å². The van der Waals surface area contributed by atoms with Crippen LogP contribution in [0.15, 0.2) is 72.8 Å². The van der Waals surface area contributed by atoms with E-state index in [1.165, 1.54) is 20.3 Å². The minimum absolute atomic E-state index is 0.125. The third-order valence-corrected chi connectivity index (χ3v) is 7.25. The van der Waals surface area contributed by atoms with Gasteiger partial charge in [0.15, 0.2) is 0 Å². The van der Waals surface area contributed by atoms with Gasteiger partial charge >= 0.3 is 18.0 Å². The third-order valence-electron chi connectivity index (χ3n) is 7.25. The fourth-order valence-corrected chi connectivity index (χ4v) is 5.51. The highest BCUT2D eigenvalue weighted by Gasteiger charge is 2.53. The van der Waals surface area contributed by atoms with Gasteiger partial charge in [-0.1, -0.05) is 42.5 Å². The average molecular weight is 510 g/mol. The molecular formula is C29H23N3O6. The molecule has 1 N–H and O–H groups in total. The number of fused-ring (bicyclic) bond motifs is 4. The number of carbonyl (C=O) groups excluding carboxylic acids is 4. The lowest BCUT2D eigenvalue weighted by Gasteiger charge is -2.36. The summed E-state index contributed by atoms with van der Waals surface area (Å²) in [5.74, 6) is -1.53. The first-order valence-electron chi connectivity index (χ1n) is 12.1. The summed E-state index contributed by atoms with van der Waals surface area (Å²) in [7, 11) is 2.57. The van der Waals surface area contributed by atoms with E-state index in [4.69, 9.17) is 9.47 Å². The molecule has 0 radical (unpaired) electrons. The van der Waals surface area contributed by atoms with Crippen LogP contribution in [0, 0.1) is 0 Å². The lowest BCUT2D eigenvalue weighted by Crippen LogP contribution is -2.44. The number of hydrogen-bond donors (Lipinski definition) is 1. The molecule has 0 aliphatic carbocycles. The highest BCUT2D eigenvalue weighted by Crippen LogP contribution is 2.45. The van der Waals surface area contributed by atoms with E-state index in [-0.39, 0.29) is 11.3 Å². The number of H-pyrrole nitrogens is 1. The van der Waals surface area contributed by atoms with Crippen molar-refractivity contribution in [2.24, 2.45) is 0 Å². The Labute approximate surface area is 217 Å². The molecular weight excluding hydrogens is 486 g/mol. The zero-order valence-electron chi connectivity index (χ0n) is 20.6. The second-order valence-electron chi connectivity index (χ2n) is 9.17. The molecule has 2 aliphatic heterocycles. The lowest BCUT2D eigenvalue weighted by molar-refractivity contribution is -0.120. The number of aromatic amines is 1. The number of benzene rings is 3. The lowest BCUT2D eigenvalue weighted by atomic mass is 9.88. The topological polar surface area (TPSA) is 109 Å². The number of aromatic nitrogens is 1. The van der Waals surface area contributed by atoms with Gasteiger partial charge in [0.1, 0.15) is 12.1 Å². The first-order chi connectivity index (χ1) is 18.4. The van der Waals surface area contributed by atoms with Gasteiger partial charge in [-0.25, -0.2) is 19.3 Å². The van der Waals surface area contributed by atoms with Crippen LogP contribution in [0.1, 0.15) is 43.6 Å². The van der Waals surface area contributed by atoms with Gasteiger partial charge in [-0.05, 0) is 41.5 Å². The Morgan fingerprint density at radius 3 is 2.29 bits per heavy atom. The molecule has 9 nitrogen and oxygen atoms in total. The molecule has 6 rings (SSSR count). The smallest absolute Gasteiger partial charge is 0.339 e. The molecule has 4 aromatic rings. The van der Waals surface area contributed by atoms with Crippen molar-refractivity contribution in [2.75, 3.05) is 19.1 Å². The van der Waals surface area contributed by atoms with Gasteiger partial charge in [0, 0.05) is 23.0 Å². The zero-order chi connectivity index (χ0) is 26.6. The summed E-state index contributed by atoms with van der Waals surface area (Å²) < 4.78 is 9.72. The van der Waals surface area contributed by atoms with Crippen LogP contribution in [-0.4, -0.2) is 54.0 Å². The normalized spacial score (nSPS) is 18.4. The molecule has 190 valence electrons. The van der Waals surface area contributed by atoms with E-state index in [2.05, 4.69) is 4.98 Å². The number of rotatable bonds is 4. The van der Waals surface area contributed by atoms with Crippen molar-refractivity contribution >= 4 is 40.5 Å². The van der Waals surface area contributed by atoms with Crippen LogP contribution in [0.3, 0.4) is 0 Å². The number of hydrogen-bond acceptors (Lipinski definition) is 6. The molecule has 2 aliphatic rings. The summed E-state index contributed by atoms with van der Waals surface area (Å²) in [5.41, 5.74) is 4.06. The second kappa shape index (κ2) is 8.88. The number of carbonyl (C=O) groups is 4. The number of amides is 3. The van der Waals surface area contributed by atoms with Crippen molar-refractivity contribution in [3.05, 3.63) is 101 Å². The van der Waals surface area contributed by atoms with Crippen LogP contribution in [0.4, 0.5) is 10.5 Å². The molecule has 1 aromatic heterocycles. The van der Waals surface area contributed by atoms with Crippen molar-refractivity contribution in [3.63, 3.8) is 0 Å². The van der Waals surface area contributed by atoms with Gasteiger partial charge in [-0.2, -0.15) is 0 Å². The minimum atomic E-state index is -0.787. The number of nitrogens with zero attached hydrogens (tertiary/aromatic N) is 2. The summed E-state index contributed by atoms with van der Waals surface area (Å²) in [5, 5.41) is 0.979. The number of urea groups is 1. The molecule has 9 heteroatoms. The number of nitrogens with one attached hydrogen (secondary N) is 1. The summed E-state index contributed by atoms with van der Waals surface area (Å²) >= 11 is 0. The molecule has 2 atom stereocenters. The van der Waals surface area contributed by atoms with Crippen molar-refractivity contribution < 1.29 is 28.7 Å². The van der Waals surface area contributed by atoms with Gasteiger partial charge < -0.3 is 14.5 Å². The highest BCUT2D eigenvalue weighted by molar-refractivity contribution is 6.23. The summed E-state index contributed by atoms with van der Waals surface area (Å²) in [6.45, 7) is 0. The van der Waals surface area contributed by atoms with Crippen molar-refractivity contribution in [1.82, 2.24) is 9.88 Å². The number of para-hydroxylation sites is 2. The number of ether oxygens (including phenoxy) is 2. The van der Waals surface area contributed by atoms with Gasteiger partial charge in [0.05, 0.1) is 31.0 Å². The van der Waals surface area contributed by atoms with Gasteiger partial charge in [-0.15, -0.1) is 0 Å². The van der Waals surface area contributed by atoms with E-state index < -0.39 is 36.0 Å². The largest absolute Gasteiger partial charge is 0.465 e. The van der Waals surface area contributed by atoms with Crippen LogP contribution < -0.4 is 4.90 Å². The van der Waals surface area contributed by atoms with Crippen molar-refractivity contribution in [1.29, 1.82) is 0 Å². The Balaban J connectivity index is 1.51. The minimum Gasteiger partial charge on any atom is -0.465 e. The molecule has 38 heavy (non-hydrogen) atoms. The fourth-order valence-electron chi connectivity index (χ4n) is 5.51.